The van der Waals surface area contributed by atoms with Crippen molar-refractivity contribution in [1.29, 1.82) is 0 Å². The van der Waals surface area contributed by atoms with Crippen molar-refractivity contribution in [2.75, 3.05) is 19.7 Å². The first-order valence-corrected chi connectivity index (χ1v) is 10.0. The number of amides is 2. The molecule has 1 aliphatic heterocycles. The summed E-state index contributed by atoms with van der Waals surface area (Å²) in [5, 5.41) is 5.31. The van der Waals surface area contributed by atoms with E-state index in [9.17, 15) is 18.0 Å². The molecule has 0 aromatic heterocycles. The van der Waals surface area contributed by atoms with Gasteiger partial charge in [-0.15, -0.1) is 0 Å². The molecule has 2 N–H and O–H groups in total. The molecule has 0 spiro atoms. The summed E-state index contributed by atoms with van der Waals surface area (Å²) >= 11 is 5.81. The number of nitrogens with zero attached hydrogens (tertiary/aromatic N) is 1. The van der Waals surface area contributed by atoms with E-state index in [0.29, 0.717) is 18.1 Å². The Morgan fingerprint density at radius 3 is 2.54 bits per heavy atom. The van der Waals surface area contributed by atoms with Gasteiger partial charge < -0.3 is 15.4 Å². The van der Waals surface area contributed by atoms with E-state index in [4.69, 9.17) is 16.3 Å². The molecule has 1 aromatic carbocycles. The van der Waals surface area contributed by atoms with Gasteiger partial charge in [-0.25, -0.2) is 8.42 Å². The largest absolute Gasteiger partial charge is 0.360 e. The van der Waals surface area contributed by atoms with Crippen LogP contribution in [0.2, 0.25) is 5.02 Å². The molecule has 1 fully saturated rings. The molecule has 10 heteroatoms. The number of carbonyl (C=O) groups excluding carboxylic acids is 2. The standard InChI is InChI=1S/C16H22ClN3O5S/c1-11(2)19-16(22)15(21)18-10-14-20(8-3-9-25-14)26(23,24)13-6-4-12(17)5-7-13/h4-7,11,14H,3,8-10H2,1-2H3,(H,18,21)(H,19,22)/t14-/m0/s1. The van der Waals surface area contributed by atoms with Crippen LogP contribution >= 0.6 is 11.6 Å². The fourth-order valence-corrected chi connectivity index (χ4v) is 4.12. The maximum atomic E-state index is 12.8. The van der Waals surface area contributed by atoms with Crippen LogP contribution in [-0.4, -0.2) is 56.5 Å². The Kier molecular flexibility index (Phi) is 6.99. The molecular weight excluding hydrogens is 382 g/mol. The number of nitrogens with one attached hydrogen (secondary N) is 2. The predicted octanol–water partition coefficient (Wildman–Crippen LogP) is 0.718. The molecule has 0 unspecified atom stereocenters. The first-order valence-electron chi connectivity index (χ1n) is 8.19. The normalized spacial score (nSPS) is 18.5. The topological polar surface area (TPSA) is 105 Å². The summed E-state index contributed by atoms with van der Waals surface area (Å²) in [5.74, 6) is -1.61. The van der Waals surface area contributed by atoms with Gasteiger partial charge in [-0.3, -0.25) is 9.59 Å². The van der Waals surface area contributed by atoms with Crippen LogP contribution in [-0.2, 0) is 24.3 Å². The van der Waals surface area contributed by atoms with Gasteiger partial charge in [-0.05, 0) is 44.5 Å². The van der Waals surface area contributed by atoms with Gasteiger partial charge in [0.2, 0.25) is 10.0 Å². The molecule has 1 heterocycles. The summed E-state index contributed by atoms with van der Waals surface area (Å²) < 4.78 is 32.4. The van der Waals surface area contributed by atoms with Gasteiger partial charge in [-0.2, -0.15) is 4.31 Å². The smallest absolute Gasteiger partial charge is 0.309 e. The molecule has 1 aromatic rings. The van der Waals surface area contributed by atoms with Crippen LogP contribution in [0.15, 0.2) is 29.2 Å². The number of ether oxygens (including phenoxy) is 1. The number of benzene rings is 1. The Morgan fingerprint density at radius 1 is 1.27 bits per heavy atom. The zero-order chi connectivity index (χ0) is 19.3. The Labute approximate surface area is 157 Å². The van der Waals surface area contributed by atoms with Gasteiger partial charge >= 0.3 is 11.8 Å². The minimum atomic E-state index is -3.82. The number of halogens is 1. The molecule has 1 atom stereocenters. The second kappa shape index (κ2) is 8.81. The van der Waals surface area contributed by atoms with E-state index in [1.165, 1.54) is 28.6 Å². The zero-order valence-corrected chi connectivity index (χ0v) is 16.1. The second-order valence-electron chi connectivity index (χ2n) is 6.09. The van der Waals surface area contributed by atoms with Crippen molar-refractivity contribution >= 4 is 33.4 Å². The molecule has 1 saturated heterocycles. The molecule has 0 bridgehead atoms. The molecule has 1 aliphatic rings. The van der Waals surface area contributed by atoms with Gasteiger partial charge in [0.25, 0.3) is 0 Å². The van der Waals surface area contributed by atoms with Gasteiger partial charge in [0.1, 0.15) is 6.23 Å². The zero-order valence-electron chi connectivity index (χ0n) is 14.6. The molecule has 8 nitrogen and oxygen atoms in total. The van der Waals surface area contributed by atoms with Crippen molar-refractivity contribution < 1.29 is 22.7 Å². The second-order valence-corrected chi connectivity index (χ2v) is 8.41. The lowest BCUT2D eigenvalue weighted by atomic mass is 10.3. The van der Waals surface area contributed by atoms with Crippen LogP contribution in [0.1, 0.15) is 20.3 Å². The lowest BCUT2D eigenvalue weighted by Crippen LogP contribution is -2.53. The van der Waals surface area contributed by atoms with E-state index in [1.54, 1.807) is 13.8 Å². The summed E-state index contributed by atoms with van der Waals surface area (Å²) in [6.07, 6.45) is -0.356. The van der Waals surface area contributed by atoms with Gasteiger partial charge in [0, 0.05) is 17.6 Å². The third kappa shape index (κ3) is 5.16. The third-order valence-electron chi connectivity index (χ3n) is 3.64. The lowest BCUT2D eigenvalue weighted by Gasteiger charge is -2.34. The van der Waals surface area contributed by atoms with Crippen molar-refractivity contribution in [2.24, 2.45) is 0 Å². The summed E-state index contributed by atoms with van der Waals surface area (Å²) in [4.78, 5) is 23.6. The summed E-state index contributed by atoms with van der Waals surface area (Å²) in [5.41, 5.74) is 0. The van der Waals surface area contributed by atoms with Crippen LogP contribution in [0.3, 0.4) is 0 Å². The fraction of sp³-hybridized carbons (Fsp3) is 0.500. The van der Waals surface area contributed by atoms with E-state index in [-0.39, 0.29) is 24.0 Å². The highest BCUT2D eigenvalue weighted by atomic mass is 35.5. The van der Waals surface area contributed by atoms with E-state index in [1.807, 2.05) is 0 Å². The van der Waals surface area contributed by atoms with E-state index >= 15 is 0 Å². The van der Waals surface area contributed by atoms with Crippen molar-refractivity contribution in [3.8, 4) is 0 Å². The maximum absolute atomic E-state index is 12.8. The van der Waals surface area contributed by atoms with Crippen LogP contribution in [0, 0.1) is 0 Å². The molecule has 26 heavy (non-hydrogen) atoms. The fourth-order valence-electron chi connectivity index (χ4n) is 2.43. The van der Waals surface area contributed by atoms with Crippen molar-refractivity contribution in [3.05, 3.63) is 29.3 Å². The van der Waals surface area contributed by atoms with Crippen molar-refractivity contribution in [2.45, 2.75) is 37.4 Å². The number of hydrogen-bond acceptors (Lipinski definition) is 5. The summed E-state index contributed by atoms with van der Waals surface area (Å²) in [6, 6.07) is 5.63. The highest BCUT2D eigenvalue weighted by molar-refractivity contribution is 7.89. The van der Waals surface area contributed by atoms with Crippen LogP contribution < -0.4 is 10.6 Å². The number of hydrogen-bond donors (Lipinski definition) is 2. The minimum Gasteiger partial charge on any atom is -0.360 e. The van der Waals surface area contributed by atoms with Crippen LogP contribution in [0.4, 0.5) is 0 Å². The molecule has 2 amide bonds. The molecular formula is C16H22ClN3O5S. The third-order valence-corrected chi connectivity index (χ3v) is 5.79. The predicted molar refractivity (Wildman–Crippen MR) is 96.0 cm³/mol. The average molecular weight is 404 g/mol. The Morgan fingerprint density at radius 2 is 1.92 bits per heavy atom. The number of rotatable bonds is 5. The molecule has 0 radical (unpaired) electrons. The van der Waals surface area contributed by atoms with Gasteiger partial charge in [-0.1, -0.05) is 11.6 Å². The molecule has 0 saturated carbocycles. The number of sulfonamides is 1. The van der Waals surface area contributed by atoms with Gasteiger partial charge in [0.15, 0.2) is 0 Å². The van der Waals surface area contributed by atoms with E-state index < -0.39 is 28.1 Å². The maximum Gasteiger partial charge on any atom is 0.309 e. The highest BCUT2D eigenvalue weighted by Gasteiger charge is 2.34. The first kappa shape index (κ1) is 20.6. The molecule has 144 valence electrons. The minimum absolute atomic E-state index is 0.0845. The number of carbonyl (C=O) groups is 2. The summed E-state index contributed by atoms with van der Waals surface area (Å²) in [7, 11) is -3.82. The Hall–Kier alpha value is -1.68. The van der Waals surface area contributed by atoms with E-state index in [0.717, 1.165) is 0 Å². The first-order chi connectivity index (χ1) is 12.2. The monoisotopic (exact) mass is 403 g/mol. The van der Waals surface area contributed by atoms with E-state index in [2.05, 4.69) is 10.6 Å². The van der Waals surface area contributed by atoms with Crippen molar-refractivity contribution in [3.63, 3.8) is 0 Å². The van der Waals surface area contributed by atoms with Crippen molar-refractivity contribution in [1.82, 2.24) is 14.9 Å². The van der Waals surface area contributed by atoms with Crippen LogP contribution in [0.25, 0.3) is 0 Å². The summed E-state index contributed by atoms with van der Waals surface area (Å²) in [6.45, 7) is 3.96. The van der Waals surface area contributed by atoms with Crippen LogP contribution in [0.5, 0.6) is 0 Å². The Bertz CT molecular complexity index is 752. The molecule has 0 aliphatic carbocycles. The highest BCUT2D eigenvalue weighted by Crippen LogP contribution is 2.23. The Balaban J connectivity index is 2.08. The molecule has 2 rings (SSSR count). The average Bonchev–Trinajstić information content (AvgIpc) is 2.59. The lowest BCUT2D eigenvalue weighted by molar-refractivity contribution is -0.140. The SMILES string of the molecule is CC(C)NC(=O)C(=O)NC[C@@H]1OCCCN1S(=O)(=O)c1ccc(Cl)cc1. The quantitative estimate of drug-likeness (QED) is 0.705. The van der Waals surface area contributed by atoms with Gasteiger partial charge in [0.05, 0.1) is 18.0 Å².